The van der Waals surface area contributed by atoms with E-state index in [0.717, 1.165) is 32.0 Å². The molecule has 1 heterocycles. The van der Waals surface area contributed by atoms with Crippen molar-refractivity contribution in [1.29, 1.82) is 0 Å². The third-order valence-corrected chi connectivity index (χ3v) is 2.60. The average Bonchev–Trinajstić information content (AvgIpc) is 2.18. The Hall–Kier alpha value is -0.770. The first-order chi connectivity index (χ1) is 7.04. The fraction of sp³-hybridized carbons (Fsp3) is 0.909. The first-order valence-corrected chi connectivity index (χ1v) is 5.59. The Bertz CT molecular complexity index is 220. The van der Waals surface area contributed by atoms with Crippen LogP contribution in [-0.4, -0.2) is 38.8 Å². The van der Waals surface area contributed by atoms with Gasteiger partial charge < -0.3 is 15.4 Å². The summed E-state index contributed by atoms with van der Waals surface area (Å²) in [5, 5.41) is 6.53. The Kier molecular flexibility index (Phi) is 4.39. The van der Waals surface area contributed by atoms with Gasteiger partial charge in [0.05, 0.1) is 6.10 Å². The molecule has 0 aromatic rings. The molecule has 0 spiro atoms. The minimum Gasteiger partial charge on any atom is -0.379 e. The van der Waals surface area contributed by atoms with E-state index in [-0.39, 0.29) is 11.5 Å². The van der Waals surface area contributed by atoms with Crippen molar-refractivity contribution in [3.63, 3.8) is 0 Å². The van der Waals surface area contributed by atoms with Gasteiger partial charge in [-0.05, 0) is 11.8 Å². The molecule has 1 aliphatic rings. The molecule has 4 heteroatoms. The Morgan fingerprint density at radius 3 is 2.73 bits per heavy atom. The van der Waals surface area contributed by atoms with Crippen LogP contribution in [0.5, 0.6) is 0 Å². The van der Waals surface area contributed by atoms with Crippen LogP contribution in [0.15, 0.2) is 4.99 Å². The molecule has 0 fully saturated rings. The van der Waals surface area contributed by atoms with Gasteiger partial charge in [0.25, 0.3) is 0 Å². The zero-order chi connectivity index (χ0) is 11.3. The summed E-state index contributed by atoms with van der Waals surface area (Å²) in [4.78, 5) is 4.36. The second-order valence-corrected chi connectivity index (χ2v) is 4.98. The maximum Gasteiger partial charge on any atom is 0.191 e. The number of guanidine groups is 1. The van der Waals surface area contributed by atoms with Crippen LogP contribution >= 0.6 is 0 Å². The van der Waals surface area contributed by atoms with Crippen molar-refractivity contribution in [1.82, 2.24) is 10.6 Å². The molecule has 1 rings (SSSR count). The molecule has 4 nitrogen and oxygen atoms in total. The summed E-state index contributed by atoms with van der Waals surface area (Å²) in [6.45, 7) is 9.27. The van der Waals surface area contributed by atoms with Crippen LogP contribution < -0.4 is 10.6 Å². The minimum absolute atomic E-state index is 0.150. The van der Waals surface area contributed by atoms with Crippen LogP contribution in [0.4, 0.5) is 0 Å². The molecule has 1 unspecified atom stereocenters. The highest BCUT2D eigenvalue weighted by Gasteiger charge is 2.24. The van der Waals surface area contributed by atoms with Crippen LogP contribution in [0.2, 0.25) is 0 Å². The molecular formula is C11H23N3O. The van der Waals surface area contributed by atoms with E-state index in [0.29, 0.717) is 0 Å². The van der Waals surface area contributed by atoms with Crippen LogP contribution in [0.25, 0.3) is 0 Å². The number of ether oxygens (including phenoxy) is 1. The summed E-state index contributed by atoms with van der Waals surface area (Å²) in [7, 11) is 1.76. The molecule has 1 aliphatic heterocycles. The Morgan fingerprint density at radius 2 is 2.27 bits per heavy atom. The summed E-state index contributed by atoms with van der Waals surface area (Å²) in [6.07, 6.45) is 1.32. The van der Waals surface area contributed by atoms with Crippen molar-refractivity contribution < 1.29 is 4.74 Å². The maximum absolute atomic E-state index is 5.46. The van der Waals surface area contributed by atoms with E-state index in [4.69, 9.17) is 4.74 Å². The normalized spacial score (nSPS) is 19.1. The molecule has 0 saturated heterocycles. The minimum atomic E-state index is 0.150. The smallest absolute Gasteiger partial charge is 0.191 e. The van der Waals surface area contributed by atoms with Crippen molar-refractivity contribution in [2.45, 2.75) is 33.3 Å². The third-order valence-electron chi connectivity index (χ3n) is 2.60. The van der Waals surface area contributed by atoms with Gasteiger partial charge in [-0.25, -0.2) is 0 Å². The first-order valence-electron chi connectivity index (χ1n) is 5.59. The van der Waals surface area contributed by atoms with Crippen molar-refractivity contribution >= 4 is 5.96 Å². The number of rotatable bonds is 3. The van der Waals surface area contributed by atoms with Crippen LogP contribution in [0.3, 0.4) is 0 Å². The van der Waals surface area contributed by atoms with Crippen molar-refractivity contribution in [3.05, 3.63) is 0 Å². The lowest BCUT2D eigenvalue weighted by Gasteiger charge is -2.30. The molecule has 15 heavy (non-hydrogen) atoms. The van der Waals surface area contributed by atoms with Gasteiger partial charge in [0.15, 0.2) is 5.96 Å². The molecule has 0 bridgehead atoms. The van der Waals surface area contributed by atoms with E-state index >= 15 is 0 Å². The van der Waals surface area contributed by atoms with Crippen molar-refractivity contribution in [2.24, 2.45) is 10.4 Å². The number of aliphatic imine (C=N–C) groups is 1. The predicted octanol–water partition coefficient (Wildman–Crippen LogP) is 0.986. The fourth-order valence-corrected chi connectivity index (χ4v) is 1.58. The van der Waals surface area contributed by atoms with E-state index in [1.165, 1.54) is 0 Å². The molecule has 88 valence electrons. The second-order valence-electron chi connectivity index (χ2n) is 4.98. The van der Waals surface area contributed by atoms with Crippen LogP contribution in [-0.2, 0) is 4.74 Å². The van der Waals surface area contributed by atoms with Crippen molar-refractivity contribution in [3.8, 4) is 0 Å². The summed E-state index contributed by atoms with van der Waals surface area (Å²) in [5.74, 6) is 0.910. The summed E-state index contributed by atoms with van der Waals surface area (Å²) in [5.41, 5.74) is 0.150. The largest absolute Gasteiger partial charge is 0.379 e. The van der Waals surface area contributed by atoms with Gasteiger partial charge >= 0.3 is 0 Å². The Balaban J connectivity index is 2.37. The van der Waals surface area contributed by atoms with Gasteiger partial charge in [0.1, 0.15) is 0 Å². The lowest BCUT2D eigenvalue weighted by molar-refractivity contribution is 0.0205. The van der Waals surface area contributed by atoms with Crippen LogP contribution in [0.1, 0.15) is 27.2 Å². The molecule has 1 atom stereocenters. The molecule has 0 saturated carbocycles. The molecule has 0 aromatic carbocycles. The zero-order valence-corrected chi connectivity index (χ0v) is 10.3. The molecule has 0 aliphatic carbocycles. The van der Waals surface area contributed by atoms with Gasteiger partial charge in [0, 0.05) is 26.7 Å². The van der Waals surface area contributed by atoms with E-state index in [1.807, 2.05) is 0 Å². The van der Waals surface area contributed by atoms with Gasteiger partial charge in [-0.1, -0.05) is 20.8 Å². The highest BCUT2D eigenvalue weighted by molar-refractivity contribution is 5.80. The maximum atomic E-state index is 5.46. The number of nitrogens with zero attached hydrogens (tertiary/aromatic N) is 1. The van der Waals surface area contributed by atoms with Gasteiger partial charge in [-0.3, -0.25) is 4.99 Å². The van der Waals surface area contributed by atoms with Crippen molar-refractivity contribution in [2.75, 3.05) is 26.7 Å². The topological polar surface area (TPSA) is 45.6 Å². The number of nitrogens with one attached hydrogen (secondary N) is 2. The molecular weight excluding hydrogens is 190 g/mol. The molecule has 0 radical (unpaired) electrons. The van der Waals surface area contributed by atoms with Gasteiger partial charge in [-0.2, -0.15) is 0 Å². The Labute approximate surface area is 92.5 Å². The lowest BCUT2D eigenvalue weighted by atomic mass is 9.89. The van der Waals surface area contributed by atoms with Gasteiger partial charge in [-0.15, -0.1) is 0 Å². The summed E-state index contributed by atoms with van der Waals surface area (Å²) in [6, 6.07) is 0. The van der Waals surface area contributed by atoms with Gasteiger partial charge in [0.2, 0.25) is 0 Å². The molecule has 0 aromatic heterocycles. The monoisotopic (exact) mass is 213 g/mol. The van der Waals surface area contributed by atoms with E-state index in [9.17, 15) is 0 Å². The molecule has 2 N–H and O–H groups in total. The lowest BCUT2D eigenvalue weighted by Crippen LogP contribution is -2.46. The zero-order valence-electron chi connectivity index (χ0n) is 10.3. The summed E-state index contributed by atoms with van der Waals surface area (Å²) < 4.78 is 5.46. The second kappa shape index (κ2) is 5.35. The molecule has 0 amide bonds. The standard InChI is InChI=1S/C11H23N3O/c1-11(2,3)9(15-4)8-14-10-12-6-5-7-13-10/h9H,5-8H2,1-4H3,(H2,12,13,14). The van der Waals surface area contributed by atoms with E-state index in [2.05, 4.69) is 36.4 Å². The highest BCUT2D eigenvalue weighted by Crippen LogP contribution is 2.20. The third kappa shape index (κ3) is 4.08. The number of methoxy groups -OCH3 is 1. The van der Waals surface area contributed by atoms with E-state index in [1.54, 1.807) is 7.11 Å². The number of hydrogen-bond acceptors (Lipinski definition) is 4. The summed E-state index contributed by atoms with van der Waals surface area (Å²) >= 11 is 0. The SMILES string of the molecule is COC(CNC1=NCCCN1)C(C)(C)C. The highest BCUT2D eigenvalue weighted by atomic mass is 16.5. The fourth-order valence-electron chi connectivity index (χ4n) is 1.58. The predicted molar refractivity (Wildman–Crippen MR) is 63.2 cm³/mol. The average molecular weight is 213 g/mol. The van der Waals surface area contributed by atoms with E-state index < -0.39 is 0 Å². The quantitative estimate of drug-likeness (QED) is 0.735. The van der Waals surface area contributed by atoms with Crippen LogP contribution in [0, 0.1) is 5.41 Å². The number of hydrogen-bond donors (Lipinski definition) is 2. The first kappa shape index (κ1) is 12.3. The Morgan fingerprint density at radius 1 is 1.53 bits per heavy atom.